The zero-order chi connectivity index (χ0) is 14.4. The van der Waals surface area contributed by atoms with Crippen LogP contribution in [0.25, 0.3) is 0 Å². The molecule has 1 fully saturated rings. The first-order valence-corrected chi connectivity index (χ1v) is 7.24. The highest BCUT2D eigenvalue weighted by Crippen LogP contribution is 2.30. The molecule has 1 aliphatic heterocycles. The van der Waals surface area contributed by atoms with Crippen LogP contribution < -0.4 is 0 Å². The molecular formula is C16H23NO3. The number of benzene rings is 1. The summed E-state index contributed by atoms with van der Waals surface area (Å²) in [7, 11) is 0. The minimum atomic E-state index is -0.747. The number of nitrogens with zero attached hydrogens (tertiary/aromatic N) is 1. The summed E-state index contributed by atoms with van der Waals surface area (Å²) in [6.45, 7) is 5.25. The zero-order valence-electron chi connectivity index (χ0n) is 12.0. The van der Waals surface area contributed by atoms with Crippen LogP contribution >= 0.6 is 0 Å². The highest BCUT2D eigenvalue weighted by atomic mass is 16.5. The fourth-order valence-electron chi connectivity index (χ4n) is 2.76. The molecule has 0 bridgehead atoms. The summed E-state index contributed by atoms with van der Waals surface area (Å²) in [5.74, 6) is -0.733. The van der Waals surface area contributed by atoms with Crippen LogP contribution in [0.15, 0.2) is 30.3 Å². The van der Waals surface area contributed by atoms with Crippen molar-refractivity contribution in [3.8, 4) is 0 Å². The summed E-state index contributed by atoms with van der Waals surface area (Å²) in [6.07, 6.45) is 1.53. The molecule has 0 amide bonds. The number of carboxylic acid groups (broad SMARTS) is 1. The van der Waals surface area contributed by atoms with E-state index in [-0.39, 0.29) is 0 Å². The third-order valence-electron chi connectivity index (χ3n) is 4.00. The van der Waals surface area contributed by atoms with E-state index in [0.717, 1.165) is 19.5 Å². The Morgan fingerprint density at radius 2 is 2.15 bits per heavy atom. The Hall–Kier alpha value is -1.39. The smallest absolute Gasteiger partial charge is 0.313 e. The first-order chi connectivity index (χ1) is 9.66. The van der Waals surface area contributed by atoms with Crippen molar-refractivity contribution in [2.45, 2.75) is 26.3 Å². The second-order valence-electron chi connectivity index (χ2n) is 5.53. The molecule has 0 saturated carbocycles. The summed E-state index contributed by atoms with van der Waals surface area (Å²) < 4.78 is 5.43. The molecule has 0 aromatic heterocycles. The molecule has 110 valence electrons. The van der Waals surface area contributed by atoms with Crippen molar-refractivity contribution in [1.82, 2.24) is 4.90 Å². The van der Waals surface area contributed by atoms with Crippen LogP contribution in [0.1, 0.15) is 25.3 Å². The van der Waals surface area contributed by atoms with Crippen LogP contribution in [0.5, 0.6) is 0 Å². The lowest BCUT2D eigenvalue weighted by molar-refractivity contribution is -0.159. The molecule has 1 aromatic carbocycles. The van der Waals surface area contributed by atoms with Gasteiger partial charge >= 0.3 is 5.97 Å². The van der Waals surface area contributed by atoms with Gasteiger partial charge in [0.05, 0.1) is 6.61 Å². The van der Waals surface area contributed by atoms with Gasteiger partial charge in [-0.1, -0.05) is 37.3 Å². The second kappa shape index (κ2) is 6.86. The Balaban J connectivity index is 2.05. The van der Waals surface area contributed by atoms with E-state index >= 15 is 0 Å². The number of rotatable bonds is 6. The predicted octanol–water partition coefficient (Wildman–Crippen LogP) is 2.39. The molecule has 0 spiro atoms. The van der Waals surface area contributed by atoms with Gasteiger partial charge in [-0.15, -0.1) is 0 Å². The largest absolute Gasteiger partial charge is 0.481 e. The maximum absolute atomic E-state index is 11.7. The number of carboxylic acids is 1. The van der Waals surface area contributed by atoms with Gasteiger partial charge in [0, 0.05) is 19.7 Å². The standard InChI is InChI=1S/C16H23NO3/c1-2-17(11-14-7-4-3-5-8-14)12-16(15(18)19)9-6-10-20-13-16/h3-5,7-8H,2,6,9-13H2,1H3,(H,18,19). The van der Waals surface area contributed by atoms with Crippen molar-refractivity contribution in [2.75, 3.05) is 26.3 Å². The quantitative estimate of drug-likeness (QED) is 0.867. The fraction of sp³-hybridized carbons (Fsp3) is 0.562. The molecule has 0 aliphatic carbocycles. The monoisotopic (exact) mass is 277 g/mol. The average molecular weight is 277 g/mol. The molecule has 20 heavy (non-hydrogen) atoms. The summed E-state index contributed by atoms with van der Waals surface area (Å²) >= 11 is 0. The van der Waals surface area contributed by atoms with Crippen molar-refractivity contribution in [1.29, 1.82) is 0 Å². The van der Waals surface area contributed by atoms with E-state index in [4.69, 9.17) is 4.74 Å². The molecule has 1 N–H and O–H groups in total. The van der Waals surface area contributed by atoms with Crippen molar-refractivity contribution < 1.29 is 14.6 Å². The Kier molecular flexibility index (Phi) is 5.15. The Morgan fingerprint density at radius 3 is 2.70 bits per heavy atom. The van der Waals surface area contributed by atoms with E-state index < -0.39 is 11.4 Å². The molecule has 2 rings (SSSR count). The predicted molar refractivity (Wildman–Crippen MR) is 77.5 cm³/mol. The van der Waals surface area contributed by atoms with E-state index in [1.165, 1.54) is 5.56 Å². The summed E-state index contributed by atoms with van der Waals surface area (Å²) in [4.78, 5) is 13.9. The van der Waals surface area contributed by atoms with Gasteiger partial charge in [0.25, 0.3) is 0 Å². The molecule has 4 nitrogen and oxygen atoms in total. The van der Waals surface area contributed by atoms with Gasteiger partial charge in [0.1, 0.15) is 5.41 Å². The first kappa shape index (κ1) is 15.0. The normalized spacial score (nSPS) is 22.9. The maximum atomic E-state index is 11.7. The van der Waals surface area contributed by atoms with E-state index in [1.54, 1.807) is 0 Å². The van der Waals surface area contributed by atoms with Gasteiger partial charge in [-0.05, 0) is 24.9 Å². The number of hydrogen-bond acceptors (Lipinski definition) is 3. The molecule has 1 unspecified atom stereocenters. The van der Waals surface area contributed by atoms with Gasteiger partial charge in [-0.2, -0.15) is 0 Å². The van der Waals surface area contributed by atoms with Crippen LogP contribution in [0.2, 0.25) is 0 Å². The minimum absolute atomic E-state index is 0.327. The Morgan fingerprint density at radius 1 is 1.40 bits per heavy atom. The third-order valence-corrected chi connectivity index (χ3v) is 4.00. The number of hydrogen-bond donors (Lipinski definition) is 1. The summed E-state index contributed by atoms with van der Waals surface area (Å²) in [6, 6.07) is 10.2. The second-order valence-corrected chi connectivity index (χ2v) is 5.53. The van der Waals surface area contributed by atoms with Gasteiger partial charge in [0.2, 0.25) is 0 Å². The van der Waals surface area contributed by atoms with Gasteiger partial charge in [0.15, 0.2) is 0 Å². The molecule has 1 aliphatic rings. The van der Waals surface area contributed by atoms with E-state index in [1.807, 2.05) is 18.2 Å². The lowest BCUT2D eigenvalue weighted by Crippen LogP contribution is -2.48. The van der Waals surface area contributed by atoms with Crippen LogP contribution in [0, 0.1) is 5.41 Å². The van der Waals surface area contributed by atoms with E-state index in [9.17, 15) is 9.90 Å². The van der Waals surface area contributed by atoms with Crippen LogP contribution in [0.3, 0.4) is 0 Å². The summed E-state index contributed by atoms with van der Waals surface area (Å²) in [5, 5.41) is 9.59. The van der Waals surface area contributed by atoms with Crippen molar-refractivity contribution in [3.63, 3.8) is 0 Å². The molecular weight excluding hydrogens is 254 g/mol. The fourth-order valence-corrected chi connectivity index (χ4v) is 2.76. The van der Waals surface area contributed by atoms with Gasteiger partial charge in [-0.3, -0.25) is 9.69 Å². The molecule has 1 saturated heterocycles. The van der Waals surface area contributed by atoms with Crippen LogP contribution in [-0.4, -0.2) is 42.3 Å². The Labute approximate surface area is 120 Å². The topological polar surface area (TPSA) is 49.8 Å². The number of aliphatic carboxylic acids is 1. The number of ether oxygens (including phenoxy) is 1. The third kappa shape index (κ3) is 3.58. The first-order valence-electron chi connectivity index (χ1n) is 7.24. The van der Waals surface area contributed by atoms with Crippen molar-refractivity contribution in [3.05, 3.63) is 35.9 Å². The highest BCUT2D eigenvalue weighted by molar-refractivity contribution is 5.75. The highest BCUT2D eigenvalue weighted by Gasteiger charge is 2.41. The summed E-state index contributed by atoms with van der Waals surface area (Å²) in [5.41, 5.74) is 0.467. The minimum Gasteiger partial charge on any atom is -0.481 e. The van der Waals surface area contributed by atoms with Crippen LogP contribution in [0.4, 0.5) is 0 Å². The van der Waals surface area contributed by atoms with Gasteiger partial charge < -0.3 is 9.84 Å². The average Bonchev–Trinajstić information content (AvgIpc) is 2.48. The van der Waals surface area contributed by atoms with Gasteiger partial charge in [-0.25, -0.2) is 0 Å². The van der Waals surface area contributed by atoms with Crippen LogP contribution in [-0.2, 0) is 16.1 Å². The lowest BCUT2D eigenvalue weighted by Gasteiger charge is -2.37. The van der Waals surface area contributed by atoms with Crippen molar-refractivity contribution >= 4 is 5.97 Å². The molecule has 1 heterocycles. The number of carbonyl (C=O) groups is 1. The molecule has 4 heteroatoms. The van der Waals surface area contributed by atoms with E-state index in [2.05, 4.69) is 24.0 Å². The van der Waals surface area contributed by atoms with Crippen molar-refractivity contribution in [2.24, 2.45) is 5.41 Å². The maximum Gasteiger partial charge on any atom is 0.313 e. The molecule has 1 atom stereocenters. The molecule has 0 radical (unpaired) electrons. The SMILES string of the molecule is CCN(Cc1ccccc1)CC1(C(=O)O)CCCOC1. The van der Waals surface area contributed by atoms with E-state index in [0.29, 0.717) is 26.2 Å². The zero-order valence-corrected chi connectivity index (χ0v) is 12.0. The molecule has 1 aromatic rings. The Bertz CT molecular complexity index is 427. The lowest BCUT2D eigenvalue weighted by atomic mass is 9.82.